The van der Waals surface area contributed by atoms with E-state index in [9.17, 15) is 8.42 Å². The summed E-state index contributed by atoms with van der Waals surface area (Å²) in [6.07, 6.45) is 3.13. The Morgan fingerprint density at radius 3 is 2.75 bits per heavy atom. The van der Waals surface area contributed by atoms with Crippen molar-refractivity contribution in [2.45, 2.75) is 18.0 Å². The van der Waals surface area contributed by atoms with Crippen molar-refractivity contribution in [2.75, 3.05) is 13.6 Å². The number of rotatable bonds is 7. The standard InChI is InChI=1S/C11H15N5O3S/c1-12-6-9-2-3-11(13-7-9)20(17,18)16-5-4-10-14-8-15-19-10/h2-3,7-8,12,16H,4-6H2,1H3. The zero-order valence-electron chi connectivity index (χ0n) is 10.9. The molecule has 0 aromatic carbocycles. The first kappa shape index (κ1) is 14.6. The van der Waals surface area contributed by atoms with E-state index in [4.69, 9.17) is 4.52 Å². The second-order valence-corrected chi connectivity index (χ2v) is 5.73. The molecule has 2 heterocycles. The van der Waals surface area contributed by atoms with Gasteiger partial charge in [-0.3, -0.25) is 0 Å². The van der Waals surface area contributed by atoms with Gasteiger partial charge in [-0.2, -0.15) is 4.98 Å². The summed E-state index contributed by atoms with van der Waals surface area (Å²) in [5.74, 6) is 0.380. The second kappa shape index (κ2) is 6.55. The quantitative estimate of drug-likeness (QED) is 0.722. The molecule has 0 saturated carbocycles. The van der Waals surface area contributed by atoms with Crippen LogP contribution in [0.2, 0.25) is 0 Å². The van der Waals surface area contributed by atoms with Crippen molar-refractivity contribution < 1.29 is 12.9 Å². The van der Waals surface area contributed by atoms with Gasteiger partial charge in [-0.05, 0) is 18.7 Å². The van der Waals surface area contributed by atoms with Gasteiger partial charge < -0.3 is 9.84 Å². The van der Waals surface area contributed by atoms with Gasteiger partial charge in [0.1, 0.15) is 0 Å². The SMILES string of the molecule is CNCc1ccc(S(=O)(=O)NCCc2ncno2)nc1. The van der Waals surface area contributed by atoms with Gasteiger partial charge in [0, 0.05) is 25.7 Å². The summed E-state index contributed by atoms with van der Waals surface area (Å²) in [5.41, 5.74) is 0.914. The fourth-order valence-electron chi connectivity index (χ4n) is 1.55. The molecule has 0 aliphatic rings. The molecular formula is C11H15N5O3S. The van der Waals surface area contributed by atoms with Crippen LogP contribution >= 0.6 is 0 Å². The summed E-state index contributed by atoms with van der Waals surface area (Å²) in [6.45, 7) is 0.808. The van der Waals surface area contributed by atoms with E-state index in [2.05, 4.69) is 25.2 Å². The van der Waals surface area contributed by atoms with Gasteiger partial charge in [0.2, 0.25) is 5.89 Å². The Hall–Kier alpha value is -1.84. The van der Waals surface area contributed by atoms with E-state index in [0.717, 1.165) is 5.56 Å². The maximum atomic E-state index is 12.0. The lowest BCUT2D eigenvalue weighted by Crippen LogP contribution is -2.26. The Morgan fingerprint density at radius 1 is 1.30 bits per heavy atom. The average molecular weight is 297 g/mol. The van der Waals surface area contributed by atoms with Crippen molar-refractivity contribution in [3.63, 3.8) is 0 Å². The predicted octanol–water partition coefficient (Wildman–Crippen LogP) is -0.295. The van der Waals surface area contributed by atoms with Crippen molar-refractivity contribution >= 4 is 10.0 Å². The van der Waals surface area contributed by atoms with E-state index in [1.165, 1.54) is 18.6 Å². The smallest absolute Gasteiger partial charge is 0.258 e. The van der Waals surface area contributed by atoms with Crippen LogP contribution in [0.25, 0.3) is 0 Å². The van der Waals surface area contributed by atoms with Crippen LogP contribution in [0.4, 0.5) is 0 Å². The Morgan fingerprint density at radius 2 is 2.15 bits per heavy atom. The summed E-state index contributed by atoms with van der Waals surface area (Å²) in [5, 5.41) is 6.39. The maximum Gasteiger partial charge on any atom is 0.258 e. The molecule has 2 rings (SSSR count). The van der Waals surface area contributed by atoms with E-state index in [-0.39, 0.29) is 11.6 Å². The molecule has 20 heavy (non-hydrogen) atoms. The molecule has 0 aliphatic heterocycles. The van der Waals surface area contributed by atoms with E-state index >= 15 is 0 Å². The summed E-state index contributed by atoms with van der Waals surface area (Å²) < 4.78 is 31.2. The number of nitrogens with zero attached hydrogens (tertiary/aromatic N) is 3. The first-order valence-corrected chi connectivity index (χ1v) is 7.45. The van der Waals surface area contributed by atoms with Crippen LogP contribution in [-0.2, 0) is 23.0 Å². The van der Waals surface area contributed by atoms with Crippen molar-refractivity contribution in [3.05, 3.63) is 36.1 Å². The van der Waals surface area contributed by atoms with E-state index in [0.29, 0.717) is 18.9 Å². The van der Waals surface area contributed by atoms with Gasteiger partial charge in [-0.1, -0.05) is 11.2 Å². The highest BCUT2D eigenvalue weighted by molar-refractivity contribution is 7.89. The van der Waals surface area contributed by atoms with Gasteiger partial charge >= 0.3 is 0 Å². The Kier molecular flexibility index (Phi) is 4.77. The van der Waals surface area contributed by atoms with Gasteiger partial charge in [-0.25, -0.2) is 18.1 Å². The third kappa shape index (κ3) is 3.83. The number of hydrogen-bond donors (Lipinski definition) is 2. The molecule has 2 aromatic rings. The topological polar surface area (TPSA) is 110 Å². The summed E-state index contributed by atoms with van der Waals surface area (Å²) in [6, 6.07) is 3.19. The number of nitrogens with one attached hydrogen (secondary N) is 2. The van der Waals surface area contributed by atoms with Crippen LogP contribution in [0.15, 0.2) is 34.2 Å². The normalized spacial score (nSPS) is 11.7. The number of hydrogen-bond acceptors (Lipinski definition) is 7. The first-order chi connectivity index (χ1) is 9.62. The van der Waals surface area contributed by atoms with Gasteiger partial charge in [0.05, 0.1) is 0 Å². The third-order valence-corrected chi connectivity index (χ3v) is 3.87. The molecule has 9 heteroatoms. The zero-order valence-corrected chi connectivity index (χ0v) is 11.7. The predicted molar refractivity (Wildman–Crippen MR) is 70.2 cm³/mol. The number of aromatic nitrogens is 3. The minimum absolute atomic E-state index is 0.0112. The van der Waals surface area contributed by atoms with Gasteiger partial charge in [0.15, 0.2) is 11.4 Å². The first-order valence-electron chi connectivity index (χ1n) is 5.96. The third-order valence-electron chi connectivity index (χ3n) is 2.49. The highest BCUT2D eigenvalue weighted by atomic mass is 32.2. The van der Waals surface area contributed by atoms with E-state index in [1.807, 2.05) is 7.05 Å². The molecule has 2 aromatic heterocycles. The largest absolute Gasteiger partial charge is 0.340 e. The van der Waals surface area contributed by atoms with Gasteiger partial charge in [-0.15, -0.1) is 0 Å². The molecule has 0 saturated heterocycles. The highest BCUT2D eigenvalue weighted by Gasteiger charge is 2.15. The molecule has 0 radical (unpaired) electrons. The molecule has 0 amide bonds. The fraction of sp³-hybridized carbons (Fsp3) is 0.364. The van der Waals surface area contributed by atoms with Crippen molar-refractivity contribution in [1.82, 2.24) is 25.2 Å². The maximum absolute atomic E-state index is 12.0. The minimum Gasteiger partial charge on any atom is -0.340 e. The summed E-state index contributed by atoms with van der Waals surface area (Å²) in [4.78, 5) is 7.75. The molecule has 0 spiro atoms. The van der Waals surface area contributed by atoms with Gasteiger partial charge in [0.25, 0.3) is 10.0 Å². The molecule has 108 valence electrons. The van der Waals surface area contributed by atoms with Crippen LogP contribution in [0.3, 0.4) is 0 Å². The molecule has 0 fully saturated rings. The lowest BCUT2D eigenvalue weighted by Gasteiger charge is -2.05. The highest BCUT2D eigenvalue weighted by Crippen LogP contribution is 2.06. The van der Waals surface area contributed by atoms with Crippen LogP contribution in [0.5, 0.6) is 0 Å². The molecule has 8 nitrogen and oxygen atoms in total. The van der Waals surface area contributed by atoms with Crippen LogP contribution in [0.1, 0.15) is 11.5 Å². The van der Waals surface area contributed by atoms with Crippen LogP contribution in [-0.4, -0.2) is 37.1 Å². The average Bonchev–Trinajstić information content (AvgIpc) is 2.93. The fourth-order valence-corrected chi connectivity index (χ4v) is 2.51. The molecule has 0 bridgehead atoms. The number of pyridine rings is 1. The second-order valence-electron chi connectivity index (χ2n) is 4.02. The summed E-state index contributed by atoms with van der Waals surface area (Å²) in [7, 11) is -1.81. The number of sulfonamides is 1. The van der Waals surface area contributed by atoms with E-state index < -0.39 is 10.0 Å². The van der Waals surface area contributed by atoms with Crippen molar-refractivity contribution in [1.29, 1.82) is 0 Å². The molecule has 0 atom stereocenters. The molecular weight excluding hydrogens is 282 g/mol. The van der Waals surface area contributed by atoms with Crippen LogP contribution < -0.4 is 10.0 Å². The van der Waals surface area contributed by atoms with E-state index in [1.54, 1.807) is 6.07 Å². The monoisotopic (exact) mass is 297 g/mol. The van der Waals surface area contributed by atoms with Crippen molar-refractivity contribution in [2.24, 2.45) is 0 Å². The molecule has 0 unspecified atom stereocenters. The Bertz CT molecular complexity index is 625. The lowest BCUT2D eigenvalue weighted by molar-refractivity contribution is 0.377. The Labute approximate surface area is 116 Å². The Balaban J connectivity index is 1.95. The van der Waals surface area contributed by atoms with Crippen LogP contribution in [0, 0.1) is 0 Å². The lowest BCUT2D eigenvalue weighted by atomic mass is 10.3. The van der Waals surface area contributed by atoms with Crippen molar-refractivity contribution in [3.8, 4) is 0 Å². The molecule has 2 N–H and O–H groups in total. The minimum atomic E-state index is -3.62. The summed E-state index contributed by atoms with van der Waals surface area (Å²) >= 11 is 0. The molecule has 0 aliphatic carbocycles. The zero-order chi connectivity index (χ0) is 14.4.